The molecular weight excluding hydrogens is 240 g/mol. The molecule has 0 amide bonds. The van der Waals surface area contributed by atoms with Gasteiger partial charge in [-0.3, -0.25) is 0 Å². The number of ether oxygens (including phenoxy) is 1. The molecule has 0 bridgehead atoms. The molecule has 6 heteroatoms. The van der Waals surface area contributed by atoms with Gasteiger partial charge in [0.1, 0.15) is 0 Å². The second-order valence-electron chi connectivity index (χ2n) is 3.98. The van der Waals surface area contributed by atoms with Gasteiger partial charge in [0.05, 0.1) is 11.0 Å². The molecule has 0 aliphatic heterocycles. The third kappa shape index (κ3) is 3.99. The van der Waals surface area contributed by atoms with E-state index in [0.29, 0.717) is 5.69 Å². The summed E-state index contributed by atoms with van der Waals surface area (Å²) >= 11 is 0. The van der Waals surface area contributed by atoms with E-state index in [4.69, 9.17) is 10.5 Å². The standard InChI is InChI=1S/C11H18N2O3S/c1-8-4-10(12)6-11(5-8)17(14,15)13-7-9(2)16-3/h4-6,9,13H,7,12H2,1-3H3. The van der Waals surface area contributed by atoms with Gasteiger partial charge < -0.3 is 10.5 Å². The maximum atomic E-state index is 11.9. The molecule has 0 fully saturated rings. The Kier molecular flexibility index (Phi) is 4.50. The largest absolute Gasteiger partial charge is 0.399 e. The molecule has 1 rings (SSSR count). The molecule has 96 valence electrons. The van der Waals surface area contributed by atoms with E-state index in [9.17, 15) is 8.42 Å². The lowest BCUT2D eigenvalue weighted by Crippen LogP contribution is -2.31. The zero-order valence-corrected chi connectivity index (χ0v) is 11.0. The van der Waals surface area contributed by atoms with E-state index >= 15 is 0 Å². The molecule has 1 atom stereocenters. The van der Waals surface area contributed by atoms with Gasteiger partial charge in [-0.05, 0) is 37.6 Å². The van der Waals surface area contributed by atoms with Gasteiger partial charge in [0.2, 0.25) is 10.0 Å². The van der Waals surface area contributed by atoms with Crippen LogP contribution in [0.3, 0.4) is 0 Å². The lowest BCUT2D eigenvalue weighted by Gasteiger charge is -2.12. The predicted octanol–water partition coefficient (Wildman–Crippen LogP) is 0.890. The molecule has 0 saturated carbocycles. The van der Waals surface area contributed by atoms with Gasteiger partial charge in [0.15, 0.2) is 0 Å². The van der Waals surface area contributed by atoms with Crippen LogP contribution in [0.15, 0.2) is 23.1 Å². The summed E-state index contributed by atoms with van der Waals surface area (Å²) in [7, 11) is -1.99. The highest BCUT2D eigenvalue weighted by Gasteiger charge is 2.15. The molecule has 0 saturated heterocycles. The zero-order chi connectivity index (χ0) is 13.1. The fourth-order valence-electron chi connectivity index (χ4n) is 1.33. The van der Waals surface area contributed by atoms with Gasteiger partial charge >= 0.3 is 0 Å². The number of nitrogens with two attached hydrogens (primary N) is 1. The molecule has 3 N–H and O–H groups in total. The summed E-state index contributed by atoms with van der Waals surface area (Å²) in [6.45, 7) is 3.81. The molecule has 0 aromatic heterocycles. The van der Waals surface area contributed by atoms with Crippen LogP contribution in [-0.2, 0) is 14.8 Å². The molecule has 0 spiro atoms. The number of sulfonamides is 1. The van der Waals surface area contributed by atoms with Crippen LogP contribution in [0.1, 0.15) is 12.5 Å². The van der Waals surface area contributed by atoms with Crippen LogP contribution in [0.5, 0.6) is 0 Å². The summed E-state index contributed by atoms with van der Waals surface area (Å²) in [6.07, 6.45) is -0.174. The summed E-state index contributed by atoms with van der Waals surface area (Å²) in [6, 6.07) is 4.74. The highest BCUT2D eigenvalue weighted by molar-refractivity contribution is 7.89. The topological polar surface area (TPSA) is 81.4 Å². The lowest BCUT2D eigenvalue weighted by atomic mass is 10.2. The number of hydrogen-bond donors (Lipinski definition) is 2. The van der Waals surface area contributed by atoms with Crippen molar-refractivity contribution < 1.29 is 13.2 Å². The highest BCUT2D eigenvalue weighted by atomic mass is 32.2. The zero-order valence-electron chi connectivity index (χ0n) is 10.2. The molecule has 1 aromatic rings. The number of methoxy groups -OCH3 is 1. The van der Waals surface area contributed by atoms with Crippen molar-refractivity contribution in [2.75, 3.05) is 19.4 Å². The van der Waals surface area contributed by atoms with Crippen LogP contribution in [0.2, 0.25) is 0 Å². The number of rotatable bonds is 5. The monoisotopic (exact) mass is 258 g/mol. The predicted molar refractivity (Wildman–Crippen MR) is 67.3 cm³/mol. The molecule has 1 aromatic carbocycles. The maximum Gasteiger partial charge on any atom is 0.240 e. The Balaban J connectivity index is 2.89. The molecule has 0 aliphatic rings. The Morgan fingerprint density at radius 1 is 1.41 bits per heavy atom. The number of anilines is 1. The van der Waals surface area contributed by atoms with Crippen LogP contribution in [-0.4, -0.2) is 28.2 Å². The minimum absolute atomic E-state index is 0.174. The normalized spacial score (nSPS) is 13.6. The minimum atomic E-state index is -3.52. The molecule has 1 unspecified atom stereocenters. The number of hydrogen-bond acceptors (Lipinski definition) is 4. The second kappa shape index (κ2) is 5.48. The summed E-state index contributed by atoms with van der Waals surface area (Å²) in [5, 5.41) is 0. The Bertz CT molecular complexity index is 465. The summed E-state index contributed by atoms with van der Waals surface area (Å²) in [5.74, 6) is 0. The van der Waals surface area contributed by atoms with E-state index in [1.54, 1.807) is 26.0 Å². The van der Waals surface area contributed by atoms with Gasteiger partial charge in [-0.1, -0.05) is 0 Å². The number of nitrogens with one attached hydrogen (secondary N) is 1. The Hall–Kier alpha value is -1.11. The van der Waals surface area contributed by atoms with E-state index < -0.39 is 10.0 Å². The van der Waals surface area contributed by atoms with Crippen LogP contribution < -0.4 is 10.5 Å². The third-order valence-electron chi connectivity index (χ3n) is 2.35. The number of aryl methyl sites for hydroxylation is 1. The molecule has 0 heterocycles. The van der Waals surface area contributed by atoms with Gasteiger partial charge in [0, 0.05) is 19.3 Å². The average Bonchev–Trinajstić information content (AvgIpc) is 2.24. The first-order valence-corrected chi connectivity index (χ1v) is 6.73. The first kappa shape index (κ1) is 14.0. The first-order valence-electron chi connectivity index (χ1n) is 5.25. The van der Waals surface area contributed by atoms with Gasteiger partial charge in [-0.2, -0.15) is 0 Å². The van der Waals surface area contributed by atoms with Crippen molar-refractivity contribution in [3.05, 3.63) is 23.8 Å². The fraction of sp³-hybridized carbons (Fsp3) is 0.455. The van der Waals surface area contributed by atoms with E-state index in [1.165, 1.54) is 13.2 Å². The van der Waals surface area contributed by atoms with Crippen molar-refractivity contribution in [3.8, 4) is 0 Å². The highest BCUT2D eigenvalue weighted by Crippen LogP contribution is 2.15. The minimum Gasteiger partial charge on any atom is -0.399 e. The van der Waals surface area contributed by atoms with Crippen LogP contribution in [0.4, 0.5) is 5.69 Å². The van der Waals surface area contributed by atoms with E-state index in [2.05, 4.69) is 4.72 Å². The van der Waals surface area contributed by atoms with Crippen molar-refractivity contribution in [1.29, 1.82) is 0 Å². The van der Waals surface area contributed by atoms with Crippen molar-refractivity contribution in [2.45, 2.75) is 24.8 Å². The van der Waals surface area contributed by atoms with Crippen LogP contribution >= 0.6 is 0 Å². The number of benzene rings is 1. The van der Waals surface area contributed by atoms with E-state index in [1.807, 2.05) is 0 Å². The molecule has 17 heavy (non-hydrogen) atoms. The van der Waals surface area contributed by atoms with Gasteiger partial charge in [-0.25, -0.2) is 13.1 Å². The molecule has 0 radical (unpaired) electrons. The fourth-order valence-corrected chi connectivity index (χ4v) is 2.58. The molecule has 0 aliphatic carbocycles. The molecule has 5 nitrogen and oxygen atoms in total. The summed E-state index contributed by atoms with van der Waals surface area (Å²) in [5.41, 5.74) is 6.87. The Morgan fingerprint density at radius 2 is 2.06 bits per heavy atom. The van der Waals surface area contributed by atoms with Crippen molar-refractivity contribution in [3.63, 3.8) is 0 Å². The third-order valence-corrected chi connectivity index (χ3v) is 3.75. The second-order valence-corrected chi connectivity index (χ2v) is 5.74. The van der Waals surface area contributed by atoms with E-state index in [0.717, 1.165) is 5.56 Å². The summed E-state index contributed by atoms with van der Waals surface area (Å²) < 4.78 is 31.3. The van der Waals surface area contributed by atoms with Crippen molar-refractivity contribution >= 4 is 15.7 Å². The SMILES string of the molecule is COC(C)CNS(=O)(=O)c1cc(C)cc(N)c1. The van der Waals surface area contributed by atoms with E-state index in [-0.39, 0.29) is 17.5 Å². The maximum absolute atomic E-state index is 11.9. The summed E-state index contributed by atoms with van der Waals surface area (Å²) in [4.78, 5) is 0.179. The van der Waals surface area contributed by atoms with Crippen LogP contribution in [0.25, 0.3) is 0 Å². The average molecular weight is 258 g/mol. The van der Waals surface area contributed by atoms with Crippen molar-refractivity contribution in [2.24, 2.45) is 0 Å². The number of nitrogen functional groups attached to an aromatic ring is 1. The Morgan fingerprint density at radius 3 is 2.59 bits per heavy atom. The van der Waals surface area contributed by atoms with Gasteiger partial charge in [0.25, 0.3) is 0 Å². The van der Waals surface area contributed by atoms with Gasteiger partial charge in [-0.15, -0.1) is 0 Å². The van der Waals surface area contributed by atoms with Crippen molar-refractivity contribution in [1.82, 2.24) is 4.72 Å². The Labute approximate surface area is 102 Å². The smallest absolute Gasteiger partial charge is 0.240 e. The van der Waals surface area contributed by atoms with Crippen LogP contribution in [0, 0.1) is 6.92 Å². The first-order chi connectivity index (χ1) is 7.85. The molecular formula is C11H18N2O3S. The quantitative estimate of drug-likeness (QED) is 0.769. The lowest BCUT2D eigenvalue weighted by molar-refractivity contribution is 0.122.